The standard InChI is InChI=1S/C21H21F4N7O2/c1-20(33,21(23,24)25)18-15(34-2)7-16-28-10-14(32(16)31-18)17-13(22)6-11(8-26)19(30-17)29-12-4-3-5-27-9-12/h6-7,10,12,27,33H,3-5,9H2,1-2H3,(H,29,30)/t12?,20-/m1/s1. The van der Waals surface area contributed by atoms with Gasteiger partial charge >= 0.3 is 6.18 Å². The van der Waals surface area contributed by atoms with E-state index >= 15 is 0 Å². The van der Waals surface area contributed by atoms with Crippen LogP contribution in [0.4, 0.5) is 23.4 Å². The number of nitrogens with one attached hydrogen (secondary N) is 2. The third-order valence-electron chi connectivity index (χ3n) is 5.67. The van der Waals surface area contributed by atoms with E-state index in [-0.39, 0.29) is 40.2 Å². The number of hydrogen-bond donors (Lipinski definition) is 3. The predicted molar refractivity (Wildman–Crippen MR) is 113 cm³/mol. The number of hydrogen-bond acceptors (Lipinski definition) is 8. The number of alkyl halides is 3. The van der Waals surface area contributed by atoms with E-state index in [9.17, 15) is 27.9 Å². The molecule has 1 unspecified atom stereocenters. The molecule has 0 radical (unpaired) electrons. The number of pyridine rings is 1. The molecule has 3 aromatic heterocycles. The Labute approximate surface area is 191 Å². The van der Waals surface area contributed by atoms with Crippen LogP contribution >= 0.6 is 0 Å². The van der Waals surface area contributed by atoms with Crippen LogP contribution in [0.3, 0.4) is 0 Å². The Bertz CT molecular complexity index is 1260. The Kier molecular flexibility index (Phi) is 6.05. The first-order valence-corrected chi connectivity index (χ1v) is 10.4. The van der Waals surface area contributed by atoms with Crippen LogP contribution in [0.25, 0.3) is 17.0 Å². The van der Waals surface area contributed by atoms with Crippen molar-refractivity contribution in [1.82, 2.24) is 24.9 Å². The van der Waals surface area contributed by atoms with E-state index in [1.165, 1.54) is 6.20 Å². The molecule has 13 heteroatoms. The summed E-state index contributed by atoms with van der Waals surface area (Å²) in [7, 11) is 1.13. The molecule has 3 aromatic rings. The molecule has 1 aliphatic heterocycles. The number of ether oxygens (including phenoxy) is 1. The molecule has 0 saturated carbocycles. The highest BCUT2D eigenvalue weighted by atomic mass is 19.4. The first-order chi connectivity index (χ1) is 16.1. The van der Waals surface area contributed by atoms with Gasteiger partial charge in [0, 0.05) is 18.7 Å². The minimum atomic E-state index is -5.06. The molecule has 1 fully saturated rings. The van der Waals surface area contributed by atoms with Crippen molar-refractivity contribution in [2.24, 2.45) is 0 Å². The van der Waals surface area contributed by atoms with Crippen LogP contribution in [-0.4, -0.2) is 57.1 Å². The number of anilines is 1. The van der Waals surface area contributed by atoms with Gasteiger partial charge in [-0.15, -0.1) is 0 Å². The van der Waals surface area contributed by atoms with Crippen molar-refractivity contribution in [2.75, 3.05) is 25.5 Å². The molecule has 34 heavy (non-hydrogen) atoms. The van der Waals surface area contributed by atoms with Crippen molar-refractivity contribution in [1.29, 1.82) is 5.26 Å². The molecule has 0 aliphatic carbocycles. The molecular weight excluding hydrogens is 458 g/mol. The molecular formula is C21H21F4N7O2. The highest BCUT2D eigenvalue weighted by Crippen LogP contribution is 2.41. The van der Waals surface area contributed by atoms with E-state index in [0.29, 0.717) is 13.5 Å². The topological polar surface area (TPSA) is 120 Å². The fourth-order valence-electron chi connectivity index (χ4n) is 3.72. The molecule has 180 valence electrons. The van der Waals surface area contributed by atoms with E-state index in [4.69, 9.17) is 4.74 Å². The van der Waals surface area contributed by atoms with E-state index in [1.54, 1.807) is 0 Å². The molecule has 4 rings (SSSR count). The Hall–Kier alpha value is -3.50. The maximum absolute atomic E-state index is 15.0. The van der Waals surface area contributed by atoms with Crippen LogP contribution in [0, 0.1) is 17.1 Å². The van der Waals surface area contributed by atoms with Gasteiger partial charge in [-0.05, 0) is 32.4 Å². The summed E-state index contributed by atoms with van der Waals surface area (Å²) in [5, 5.41) is 29.9. The lowest BCUT2D eigenvalue weighted by Gasteiger charge is -2.27. The maximum atomic E-state index is 15.0. The first-order valence-electron chi connectivity index (χ1n) is 10.4. The highest BCUT2D eigenvalue weighted by molar-refractivity contribution is 5.66. The van der Waals surface area contributed by atoms with Crippen LogP contribution in [0.15, 0.2) is 18.3 Å². The van der Waals surface area contributed by atoms with E-state index in [2.05, 4.69) is 25.7 Å². The summed E-state index contributed by atoms with van der Waals surface area (Å²) in [6.07, 6.45) is -2.14. The monoisotopic (exact) mass is 479 g/mol. The molecule has 0 spiro atoms. The Morgan fingerprint density at radius 2 is 2.12 bits per heavy atom. The van der Waals surface area contributed by atoms with Crippen molar-refractivity contribution >= 4 is 11.5 Å². The summed E-state index contributed by atoms with van der Waals surface area (Å²) < 4.78 is 61.5. The minimum Gasteiger partial charge on any atom is -0.495 e. The number of nitriles is 1. The molecule has 9 nitrogen and oxygen atoms in total. The van der Waals surface area contributed by atoms with Gasteiger partial charge in [0.2, 0.25) is 5.60 Å². The number of rotatable bonds is 5. The van der Waals surface area contributed by atoms with E-state index in [1.807, 2.05) is 6.07 Å². The first kappa shape index (κ1) is 23.7. The van der Waals surface area contributed by atoms with Crippen molar-refractivity contribution in [3.8, 4) is 23.2 Å². The van der Waals surface area contributed by atoms with Crippen LogP contribution in [-0.2, 0) is 5.60 Å². The number of piperidine rings is 1. The minimum absolute atomic E-state index is 0.0176. The van der Waals surface area contributed by atoms with Crippen LogP contribution in [0.5, 0.6) is 5.75 Å². The van der Waals surface area contributed by atoms with Gasteiger partial charge < -0.3 is 20.5 Å². The second-order valence-corrected chi connectivity index (χ2v) is 8.06. The quantitative estimate of drug-likeness (QED) is 0.478. The Morgan fingerprint density at radius 3 is 2.74 bits per heavy atom. The number of imidazole rings is 1. The molecule has 4 heterocycles. The lowest BCUT2D eigenvalue weighted by Crippen LogP contribution is -2.40. The van der Waals surface area contributed by atoms with Crippen molar-refractivity contribution in [3.05, 3.63) is 35.4 Å². The molecule has 2 atom stereocenters. The van der Waals surface area contributed by atoms with Gasteiger partial charge in [0.1, 0.15) is 34.7 Å². The van der Waals surface area contributed by atoms with Gasteiger partial charge in [0.15, 0.2) is 11.5 Å². The van der Waals surface area contributed by atoms with Crippen LogP contribution < -0.4 is 15.4 Å². The fourth-order valence-corrected chi connectivity index (χ4v) is 3.72. The molecule has 0 bridgehead atoms. The third kappa shape index (κ3) is 4.10. The summed E-state index contributed by atoms with van der Waals surface area (Å²) in [6.45, 7) is 2.04. The second-order valence-electron chi connectivity index (χ2n) is 8.06. The summed E-state index contributed by atoms with van der Waals surface area (Å²) in [5.41, 5.74) is -4.49. The number of nitrogens with zero attached hydrogens (tertiary/aromatic N) is 5. The number of aromatic nitrogens is 4. The molecule has 1 saturated heterocycles. The van der Waals surface area contributed by atoms with Gasteiger partial charge in [-0.25, -0.2) is 18.9 Å². The normalized spacial score (nSPS) is 18.4. The lowest BCUT2D eigenvalue weighted by molar-refractivity contribution is -0.261. The predicted octanol–water partition coefficient (Wildman–Crippen LogP) is 2.74. The fraction of sp³-hybridized carbons (Fsp3) is 0.429. The van der Waals surface area contributed by atoms with Crippen LogP contribution in [0.1, 0.15) is 31.0 Å². The zero-order valence-electron chi connectivity index (χ0n) is 18.2. The average Bonchev–Trinajstić information content (AvgIpc) is 3.21. The van der Waals surface area contributed by atoms with Gasteiger partial charge in [-0.3, -0.25) is 0 Å². The summed E-state index contributed by atoms with van der Waals surface area (Å²) in [4.78, 5) is 8.33. The Balaban J connectivity index is 1.86. The zero-order valence-corrected chi connectivity index (χ0v) is 18.2. The lowest BCUT2D eigenvalue weighted by atomic mass is 10.0. The van der Waals surface area contributed by atoms with Crippen molar-refractivity contribution in [2.45, 2.75) is 37.6 Å². The van der Waals surface area contributed by atoms with Gasteiger partial charge in [0.05, 0.1) is 18.9 Å². The summed E-state index contributed by atoms with van der Waals surface area (Å²) in [6, 6.07) is 4.01. The number of aliphatic hydroxyl groups is 1. The molecule has 1 aliphatic rings. The molecule has 3 N–H and O–H groups in total. The maximum Gasteiger partial charge on any atom is 0.422 e. The third-order valence-corrected chi connectivity index (χ3v) is 5.67. The SMILES string of the molecule is COc1cc2ncc(-c3nc(NC4CCCNC4)c(C#N)cc3F)n2nc1[C@@](C)(O)C(F)(F)F. The molecule has 0 aromatic carbocycles. The van der Waals surface area contributed by atoms with E-state index < -0.39 is 23.3 Å². The zero-order chi connectivity index (χ0) is 24.7. The van der Waals surface area contributed by atoms with Crippen molar-refractivity contribution in [3.63, 3.8) is 0 Å². The average molecular weight is 479 g/mol. The number of halogens is 4. The smallest absolute Gasteiger partial charge is 0.422 e. The summed E-state index contributed by atoms with van der Waals surface area (Å²) in [5.74, 6) is -1.08. The van der Waals surface area contributed by atoms with Gasteiger partial charge in [-0.1, -0.05) is 0 Å². The van der Waals surface area contributed by atoms with Gasteiger partial charge in [-0.2, -0.15) is 23.5 Å². The summed E-state index contributed by atoms with van der Waals surface area (Å²) >= 11 is 0. The Morgan fingerprint density at radius 1 is 1.35 bits per heavy atom. The number of methoxy groups -OCH3 is 1. The largest absolute Gasteiger partial charge is 0.495 e. The van der Waals surface area contributed by atoms with Crippen LogP contribution in [0.2, 0.25) is 0 Å². The number of fused-ring (bicyclic) bond motifs is 1. The molecule has 0 amide bonds. The van der Waals surface area contributed by atoms with Gasteiger partial charge in [0.25, 0.3) is 0 Å². The van der Waals surface area contributed by atoms with E-state index in [0.717, 1.165) is 43.1 Å². The second kappa shape index (κ2) is 8.69. The van der Waals surface area contributed by atoms with Crippen molar-refractivity contribution < 1.29 is 27.4 Å². The highest BCUT2D eigenvalue weighted by Gasteiger charge is 2.54.